The molecule has 0 saturated heterocycles. The van der Waals surface area contributed by atoms with E-state index in [0.29, 0.717) is 6.08 Å². The molecule has 1 rings (SSSR count). The van der Waals surface area contributed by atoms with E-state index < -0.39 is 38.0 Å². The van der Waals surface area contributed by atoms with Crippen LogP contribution in [-0.4, -0.2) is 24.5 Å². The van der Waals surface area contributed by atoms with Gasteiger partial charge in [-0.1, -0.05) is 10.2 Å². The minimum Gasteiger partial charge on any atom is -0.289 e. The van der Waals surface area contributed by atoms with Gasteiger partial charge < -0.3 is 0 Å². The third-order valence-electron chi connectivity index (χ3n) is 1.71. The molecular formula is C6H2N6O5S. The molecule has 1 aliphatic rings. The van der Waals surface area contributed by atoms with E-state index in [4.69, 9.17) is 15.6 Å². The van der Waals surface area contributed by atoms with Crippen molar-refractivity contribution in [2.75, 3.05) is 0 Å². The summed E-state index contributed by atoms with van der Waals surface area (Å²) in [5.41, 5.74) is 14.4. The molecule has 0 radical (unpaired) electrons. The zero-order valence-electron chi connectivity index (χ0n) is 8.25. The Morgan fingerprint density at radius 3 is 2.17 bits per heavy atom. The van der Waals surface area contributed by atoms with Crippen LogP contribution >= 0.6 is 0 Å². The summed E-state index contributed by atoms with van der Waals surface area (Å²) in [5.74, 6) is -2.61. The highest BCUT2D eigenvalue weighted by Crippen LogP contribution is 2.24. The standard InChI is InChI=1S/C6H2N6O5S/c7-11-9-2-1-3(13)6(18(15,16)17)4(5(2)14)10-12-8/h1H,(H,15,16,17). The Labute approximate surface area is 98.4 Å². The van der Waals surface area contributed by atoms with E-state index in [0.717, 1.165) is 0 Å². The first-order valence-electron chi connectivity index (χ1n) is 3.95. The molecule has 1 aliphatic carbocycles. The van der Waals surface area contributed by atoms with Gasteiger partial charge in [0, 0.05) is 15.9 Å². The molecule has 1 N–H and O–H groups in total. The number of carbonyl (C=O) groups is 2. The van der Waals surface area contributed by atoms with E-state index in [1.807, 2.05) is 0 Å². The molecule has 92 valence electrons. The number of allylic oxidation sites excluding steroid dienone is 2. The van der Waals surface area contributed by atoms with Crippen molar-refractivity contribution in [1.29, 1.82) is 0 Å². The molecule has 0 unspecified atom stereocenters. The number of nitrogens with zero attached hydrogens (tertiary/aromatic N) is 6. The zero-order valence-corrected chi connectivity index (χ0v) is 9.07. The van der Waals surface area contributed by atoms with Gasteiger partial charge >= 0.3 is 0 Å². The van der Waals surface area contributed by atoms with Crippen LogP contribution in [0.5, 0.6) is 0 Å². The van der Waals surface area contributed by atoms with Crippen LogP contribution in [0.4, 0.5) is 0 Å². The van der Waals surface area contributed by atoms with Crippen molar-refractivity contribution < 1.29 is 22.6 Å². The highest BCUT2D eigenvalue weighted by molar-refractivity contribution is 7.91. The summed E-state index contributed by atoms with van der Waals surface area (Å²) >= 11 is 0. The SMILES string of the molecule is [N-]=[N+]=NC1=CC(=O)C(S(=O)(=O)O)=C(N=[N+]=[N-])C1=O. The molecule has 0 aromatic carbocycles. The van der Waals surface area contributed by atoms with E-state index in [9.17, 15) is 18.0 Å². The number of azide groups is 2. The third-order valence-corrected chi connectivity index (χ3v) is 2.62. The van der Waals surface area contributed by atoms with Gasteiger partial charge in [-0.2, -0.15) is 8.42 Å². The second-order valence-electron chi connectivity index (χ2n) is 2.75. The minimum atomic E-state index is -5.05. The third kappa shape index (κ3) is 2.36. The maximum atomic E-state index is 11.5. The highest BCUT2D eigenvalue weighted by atomic mass is 32.2. The molecule has 18 heavy (non-hydrogen) atoms. The van der Waals surface area contributed by atoms with Crippen molar-refractivity contribution in [3.63, 3.8) is 0 Å². The Bertz CT molecular complexity index is 703. The molecule has 0 amide bonds. The maximum absolute atomic E-state index is 11.5. The van der Waals surface area contributed by atoms with E-state index in [1.165, 1.54) is 0 Å². The van der Waals surface area contributed by atoms with Crippen LogP contribution in [0.3, 0.4) is 0 Å². The quantitative estimate of drug-likeness (QED) is 0.260. The van der Waals surface area contributed by atoms with Crippen LogP contribution in [0.25, 0.3) is 20.9 Å². The number of carbonyl (C=O) groups excluding carboxylic acids is 2. The number of hydrogen-bond acceptors (Lipinski definition) is 6. The summed E-state index contributed by atoms with van der Waals surface area (Å²) in [5, 5.41) is 5.56. The minimum absolute atomic E-state index is 0.418. The lowest BCUT2D eigenvalue weighted by Gasteiger charge is -2.10. The summed E-state index contributed by atoms with van der Waals surface area (Å²) in [6.45, 7) is 0. The van der Waals surface area contributed by atoms with Crippen LogP contribution < -0.4 is 0 Å². The molecule has 0 aromatic rings. The van der Waals surface area contributed by atoms with Crippen LogP contribution in [0.2, 0.25) is 0 Å². The predicted octanol–water partition coefficient (Wildman–Crippen LogP) is 0.742. The van der Waals surface area contributed by atoms with Crippen LogP contribution in [0, 0.1) is 0 Å². The van der Waals surface area contributed by atoms with Gasteiger partial charge in [-0.05, 0) is 11.1 Å². The van der Waals surface area contributed by atoms with Crippen molar-refractivity contribution in [1.82, 2.24) is 0 Å². The van der Waals surface area contributed by atoms with Gasteiger partial charge in [-0.15, -0.1) is 0 Å². The Balaban J connectivity index is 3.66. The van der Waals surface area contributed by atoms with Crippen molar-refractivity contribution in [3.8, 4) is 0 Å². The zero-order chi connectivity index (χ0) is 13.9. The van der Waals surface area contributed by atoms with Crippen LogP contribution in [0.15, 0.2) is 32.6 Å². The van der Waals surface area contributed by atoms with Gasteiger partial charge in [-0.3, -0.25) is 14.1 Å². The normalized spacial score (nSPS) is 15.7. The Kier molecular flexibility index (Phi) is 3.50. The van der Waals surface area contributed by atoms with Gasteiger partial charge in [0.15, 0.2) is 10.7 Å². The van der Waals surface area contributed by atoms with Gasteiger partial charge in [0.1, 0.15) is 5.70 Å². The summed E-state index contributed by atoms with van der Waals surface area (Å²) in [6, 6.07) is 0. The molecule has 11 nitrogen and oxygen atoms in total. The van der Waals surface area contributed by atoms with E-state index >= 15 is 0 Å². The van der Waals surface area contributed by atoms with E-state index in [-0.39, 0.29) is 0 Å². The molecule has 0 heterocycles. The first-order valence-corrected chi connectivity index (χ1v) is 5.39. The molecule has 0 atom stereocenters. The Hall–Kier alpha value is -2.65. The molecule has 0 aromatic heterocycles. The van der Waals surface area contributed by atoms with Crippen molar-refractivity contribution in [2.24, 2.45) is 10.2 Å². The van der Waals surface area contributed by atoms with Crippen molar-refractivity contribution >= 4 is 21.7 Å². The highest BCUT2D eigenvalue weighted by Gasteiger charge is 2.34. The molecule has 0 spiro atoms. The average molecular weight is 270 g/mol. The first kappa shape index (κ1) is 13.4. The van der Waals surface area contributed by atoms with E-state index in [1.54, 1.807) is 0 Å². The predicted molar refractivity (Wildman–Crippen MR) is 55.0 cm³/mol. The van der Waals surface area contributed by atoms with E-state index in [2.05, 4.69) is 20.1 Å². The molecule has 0 bridgehead atoms. The lowest BCUT2D eigenvalue weighted by atomic mass is 10.1. The Morgan fingerprint density at radius 2 is 1.72 bits per heavy atom. The number of ketones is 2. The molecule has 0 aliphatic heterocycles. The second-order valence-corrected chi connectivity index (χ2v) is 4.11. The van der Waals surface area contributed by atoms with Crippen LogP contribution in [0.1, 0.15) is 0 Å². The fourth-order valence-corrected chi connectivity index (χ4v) is 1.79. The van der Waals surface area contributed by atoms with Gasteiger partial charge in [0.2, 0.25) is 5.78 Å². The fraction of sp³-hybridized carbons (Fsp3) is 0. The summed E-state index contributed by atoms with van der Waals surface area (Å²) < 4.78 is 30.6. The number of hydrogen-bond donors (Lipinski definition) is 1. The first-order chi connectivity index (χ1) is 8.32. The molecule has 12 heteroatoms. The molecular weight excluding hydrogens is 268 g/mol. The van der Waals surface area contributed by atoms with Gasteiger partial charge in [-0.25, -0.2) is 0 Å². The average Bonchev–Trinajstić information content (AvgIpc) is 2.23. The summed E-state index contributed by atoms with van der Waals surface area (Å²) in [7, 11) is -5.05. The second kappa shape index (κ2) is 4.69. The number of Topliss-reactive ketones (excluding diaryl/α,β-unsaturated/α-hetero) is 1. The largest absolute Gasteiger partial charge is 0.299 e. The van der Waals surface area contributed by atoms with Crippen LogP contribution in [-0.2, 0) is 19.7 Å². The maximum Gasteiger partial charge on any atom is 0.299 e. The lowest BCUT2D eigenvalue weighted by Crippen LogP contribution is -2.22. The van der Waals surface area contributed by atoms with Gasteiger partial charge in [0.25, 0.3) is 10.1 Å². The van der Waals surface area contributed by atoms with Crippen molar-refractivity contribution in [2.45, 2.75) is 0 Å². The monoisotopic (exact) mass is 270 g/mol. The van der Waals surface area contributed by atoms with Crippen molar-refractivity contribution in [3.05, 3.63) is 43.3 Å². The fourth-order valence-electron chi connectivity index (χ4n) is 1.10. The smallest absolute Gasteiger partial charge is 0.289 e. The Morgan fingerprint density at radius 1 is 1.17 bits per heavy atom. The lowest BCUT2D eigenvalue weighted by molar-refractivity contribution is -0.115. The van der Waals surface area contributed by atoms with Gasteiger partial charge in [0.05, 0.1) is 5.70 Å². The summed E-state index contributed by atoms with van der Waals surface area (Å²) in [6.07, 6.45) is 0.418. The molecule has 0 saturated carbocycles. The topological polar surface area (TPSA) is 186 Å². The summed E-state index contributed by atoms with van der Waals surface area (Å²) in [4.78, 5) is 25.9. The molecule has 0 fully saturated rings. The number of rotatable bonds is 3.